The van der Waals surface area contributed by atoms with Gasteiger partial charge in [0.2, 0.25) is 0 Å². The number of ether oxygens (including phenoxy) is 5. The summed E-state index contributed by atoms with van der Waals surface area (Å²) < 4.78 is 29.2. The second-order valence-corrected chi connectivity index (χ2v) is 17.2. The summed E-state index contributed by atoms with van der Waals surface area (Å²) in [6, 6.07) is 14.2. The highest BCUT2D eigenvalue weighted by atomic mass is 16.6. The maximum atomic E-state index is 14.9. The summed E-state index contributed by atoms with van der Waals surface area (Å²) in [5.41, 5.74) is -9.05. The van der Waals surface area contributed by atoms with Crippen LogP contribution in [0.5, 0.6) is 0 Å². The van der Waals surface area contributed by atoms with Gasteiger partial charge in [0.1, 0.15) is 30.0 Å². The van der Waals surface area contributed by atoms with Crippen LogP contribution in [0.4, 0.5) is 4.79 Å². The number of benzene rings is 2. The molecule has 4 aliphatic rings. The fourth-order valence-electron chi connectivity index (χ4n) is 9.54. The molecule has 59 heavy (non-hydrogen) atoms. The monoisotopic (exact) mass is 821 g/mol. The van der Waals surface area contributed by atoms with E-state index in [0.717, 1.165) is 6.92 Å². The Hall–Kier alpha value is -5.00. The average molecular weight is 822 g/mol. The van der Waals surface area contributed by atoms with Gasteiger partial charge in [0.05, 0.1) is 35.6 Å². The van der Waals surface area contributed by atoms with Gasteiger partial charge in [-0.15, -0.1) is 0 Å². The highest BCUT2D eigenvalue weighted by Gasteiger charge is 2.78. The van der Waals surface area contributed by atoms with E-state index in [2.05, 4.69) is 5.32 Å². The van der Waals surface area contributed by atoms with Gasteiger partial charge in [0.15, 0.2) is 29.4 Å². The molecule has 0 spiro atoms. The first-order valence-corrected chi connectivity index (χ1v) is 19.4. The third-order valence-corrected chi connectivity index (χ3v) is 12.8. The molecular formula is C43H51NO15. The first-order valence-electron chi connectivity index (χ1n) is 19.4. The van der Waals surface area contributed by atoms with Crippen LogP contribution in [-0.4, -0.2) is 117 Å². The molecule has 3 fully saturated rings. The SMILES string of the molecule is CC(=O)O[C@@]12CO[C@@H]1C[C@H](O)[C@@]1(C)C(=O)[C@H](O)C3=C(C)[C@@H](OC(=O)[C@H](O)[C@@H](NC(=O)OC(C)(C)C=O)c4ccccc4)C[C@@](O)([C@@H](OC(=O)c4ccccc4)[C@H]21)C3(C)C. The van der Waals surface area contributed by atoms with Crippen molar-refractivity contribution in [2.45, 2.75) is 121 Å². The van der Waals surface area contributed by atoms with E-state index in [1.165, 1.54) is 65.8 Å². The van der Waals surface area contributed by atoms with Gasteiger partial charge in [-0.1, -0.05) is 62.4 Å². The molecule has 0 unspecified atom stereocenters. The van der Waals surface area contributed by atoms with Gasteiger partial charge in [-0.2, -0.15) is 0 Å². The van der Waals surface area contributed by atoms with Crippen LogP contribution in [0.25, 0.3) is 0 Å². The molecule has 16 heteroatoms. The predicted molar refractivity (Wildman–Crippen MR) is 204 cm³/mol. The van der Waals surface area contributed by atoms with Crippen molar-refractivity contribution in [3.63, 3.8) is 0 Å². The number of Topliss-reactive ketones (excluding diaryl/α,β-unsaturated/α-hetero) is 1. The summed E-state index contributed by atoms with van der Waals surface area (Å²) in [6.45, 7) is 9.39. The van der Waals surface area contributed by atoms with Gasteiger partial charge >= 0.3 is 24.0 Å². The van der Waals surface area contributed by atoms with Crippen molar-refractivity contribution in [2.24, 2.45) is 16.7 Å². The summed E-state index contributed by atoms with van der Waals surface area (Å²) in [7, 11) is 0. The van der Waals surface area contributed by atoms with Crippen LogP contribution in [0.1, 0.15) is 83.3 Å². The summed E-state index contributed by atoms with van der Waals surface area (Å²) >= 11 is 0. The third-order valence-electron chi connectivity index (χ3n) is 12.8. The van der Waals surface area contributed by atoms with Crippen LogP contribution in [-0.2, 0) is 42.9 Å². The molecule has 2 bridgehead atoms. The number of esters is 3. The number of rotatable bonds is 10. The maximum Gasteiger partial charge on any atom is 0.408 e. The normalized spacial score (nSPS) is 33.2. The Labute approximate surface area is 340 Å². The Morgan fingerprint density at radius 1 is 0.983 bits per heavy atom. The van der Waals surface area contributed by atoms with Crippen molar-refractivity contribution in [3.8, 4) is 0 Å². The van der Waals surface area contributed by atoms with Crippen molar-refractivity contribution < 1.29 is 72.9 Å². The van der Waals surface area contributed by atoms with Gasteiger partial charge in [-0.25, -0.2) is 14.4 Å². The molecule has 1 aliphatic heterocycles. The zero-order valence-corrected chi connectivity index (χ0v) is 33.9. The van der Waals surface area contributed by atoms with Crippen LogP contribution in [0, 0.1) is 16.7 Å². The first kappa shape index (κ1) is 43.6. The zero-order valence-electron chi connectivity index (χ0n) is 33.9. The predicted octanol–water partition coefficient (Wildman–Crippen LogP) is 2.44. The molecule has 2 saturated carbocycles. The lowest BCUT2D eigenvalue weighted by Crippen LogP contribution is -2.81. The Bertz CT molecular complexity index is 2030. The number of carbonyl (C=O) groups is 6. The lowest BCUT2D eigenvalue weighted by Gasteiger charge is -2.67. The number of alkyl carbamates (subject to hydrolysis) is 1. The average Bonchev–Trinajstić information content (AvgIpc) is 3.18. The molecule has 16 nitrogen and oxygen atoms in total. The lowest BCUT2D eigenvalue weighted by molar-refractivity contribution is -0.346. The molecule has 2 aromatic rings. The topological polar surface area (TPSA) is 242 Å². The van der Waals surface area contributed by atoms with E-state index in [9.17, 15) is 49.2 Å². The van der Waals surface area contributed by atoms with E-state index >= 15 is 0 Å². The molecule has 5 N–H and O–H groups in total. The summed E-state index contributed by atoms with van der Waals surface area (Å²) in [5, 5.41) is 51.4. The number of aldehydes is 1. The minimum atomic E-state index is -2.39. The summed E-state index contributed by atoms with van der Waals surface area (Å²) in [5.74, 6) is -5.52. The molecule has 2 aromatic carbocycles. The van der Waals surface area contributed by atoms with Crippen molar-refractivity contribution in [2.75, 3.05) is 6.61 Å². The van der Waals surface area contributed by atoms with Crippen molar-refractivity contribution in [3.05, 3.63) is 82.9 Å². The Kier molecular flexibility index (Phi) is 11.5. The van der Waals surface area contributed by atoms with E-state index in [1.54, 1.807) is 36.4 Å². The molecule has 1 heterocycles. The van der Waals surface area contributed by atoms with E-state index in [-0.39, 0.29) is 35.3 Å². The fraction of sp³-hybridized carbons (Fsp3) is 0.535. The van der Waals surface area contributed by atoms with Gasteiger partial charge in [0.25, 0.3) is 0 Å². The molecular weight excluding hydrogens is 770 g/mol. The number of amides is 1. The number of fused-ring (bicyclic) bond motifs is 5. The van der Waals surface area contributed by atoms with Gasteiger partial charge in [-0.05, 0) is 56.5 Å². The molecule has 0 aromatic heterocycles. The summed E-state index contributed by atoms with van der Waals surface area (Å²) in [4.78, 5) is 80.4. The second kappa shape index (κ2) is 15.6. The molecule has 0 radical (unpaired) electrons. The van der Waals surface area contributed by atoms with E-state index in [1.807, 2.05) is 0 Å². The number of nitrogens with one attached hydrogen (secondary N) is 1. The maximum absolute atomic E-state index is 14.9. The molecule has 6 rings (SSSR count). The van der Waals surface area contributed by atoms with Gasteiger partial charge < -0.3 is 49.4 Å². The zero-order chi connectivity index (χ0) is 43.5. The standard InChI is InChI=1S/C43H51NO15/c1-22-26(56-37(52)32(49)30(24-14-10-8-11-15-24)44-38(53)59-39(3,4)20-45)19-43(54)35(57-36(51)25-16-12-9-13-17-25)33-41(7,34(50)31(48)29(22)40(43,5)6)27(47)18-28-42(33,21-55-28)58-23(2)46/h8-17,20,26-28,30-33,35,47-49,54H,18-19,21H2,1-7H3,(H,44,53)/t26-,27-,28+,30-,31+,32+,33-,35-,41+,42-,43+/m0/s1. The number of carbonyl (C=O) groups excluding carboxylic acids is 6. The van der Waals surface area contributed by atoms with Crippen molar-refractivity contribution in [1.82, 2.24) is 5.32 Å². The van der Waals surface area contributed by atoms with Gasteiger partial charge in [-0.3, -0.25) is 14.4 Å². The first-order chi connectivity index (χ1) is 27.6. The Morgan fingerprint density at radius 3 is 2.15 bits per heavy atom. The van der Waals surface area contributed by atoms with Crippen molar-refractivity contribution >= 4 is 36.1 Å². The third kappa shape index (κ3) is 7.24. The van der Waals surface area contributed by atoms with Gasteiger partial charge in [0, 0.05) is 25.2 Å². The minimum absolute atomic E-state index is 0.0618. The van der Waals surface area contributed by atoms with E-state index in [0.29, 0.717) is 6.29 Å². The molecule has 11 atom stereocenters. The van der Waals surface area contributed by atoms with Crippen LogP contribution < -0.4 is 5.32 Å². The summed E-state index contributed by atoms with van der Waals surface area (Å²) in [6.07, 6.45) is -11.6. The van der Waals surface area contributed by atoms with Crippen LogP contribution in [0.15, 0.2) is 71.8 Å². The quantitative estimate of drug-likeness (QED) is 0.100. The fourth-order valence-corrected chi connectivity index (χ4v) is 9.54. The van der Waals surface area contributed by atoms with E-state index in [4.69, 9.17) is 23.7 Å². The Balaban J connectivity index is 1.48. The largest absolute Gasteiger partial charge is 0.456 e. The number of hydrogen-bond acceptors (Lipinski definition) is 15. The number of ketones is 1. The molecule has 1 amide bonds. The molecule has 318 valence electrons. The van der Waals surface area contributed by atoms with Crippen molar-refractivity contribution in [1.29, 1.82) is 0 Å². The highest BCUT2D eigenvalue weighted by molar-refractivity contribution is 5.94. The van der Waals surface area contributed by atoms with Crippen LogP contribution >= 0.6 is 0 Å². The molecule has 1 saturated heterocycles. The number of hydrogen-bond donors (Lipinski definition) is 5. The highest BCUT2D eigenvalue weighted by Crippen LogP contribution is 2.64. The lowest BCUT2D eigenvalue weighted by atomic mass is 9.44. The number of aliphatic hydroxyl groups is 4. The molecule has 3 aliphatic carbocycles. The van der Waals surface area contributed by atoms with E-state index < -0.39 is 112 Å². The van der Waals surface area contributed by atoms with Crippen LogP contribution in [0.3, 0.4) is 0 Å². The minimum Gasteiger partial charge on any atom is -0.456 e. The Morgan fingerprint density at radius 2 is 1.59 bits per heavy atom. The second-order valence-electron chi connectivity index (χ2n) is 17.2. The smallest absolute Gasteiger partial charge is 0.408 e. The number of aliphatic hydroxyl groups excluding tert-OH is 3. The van der Waals surface area contributed by atoms with Crippen LogP contribution in [0.2, 0.25) is 0 Å².